The highest BCUT2D eigenvalue weighted by Gasteiger charge is 2.23. The lowest BCUT2D eigenvalue weighted by Gasteiger charge is -2.18. The molecule has 25 heavy (non-hydrogen) atoms. The smallest absolute Gasteiger partial charge is 0.326 e. The van der Waals surface area contributed by atoms with Gasteiger partial charge in [0.25, 0.3) is 11.3 Å². The maximum atomic E-state index is 12.8. The van der Waals surface area contributed by atoms with Crippen molar-refractivity contribution >= 4 is 22.6 Å². The average Bonchev–Trinajstić information content (AvgIpc) is 2.96. The molecular formula is C16H19N5O4. The van der Waals surface area contributed by atoms with E-state index in [1.54, 1.807) is 6.07 Å². The number of nitrogens with zero attached hydrogens (tertiary/aromatic N) is 5. The molecule has 3 rings (SSSR count). The number of hydrogen-bond acceptors (Lipinski definition) is 6. The summed E-state index contributed by atoms with van der Waals surface area (Å²) in [5.74, 6) is -0.0906. The fourth-order valence-corrected chi connectivity index (χ4v) is 2.79. The Morgan fingerprint density at radius 1 is 1.40 bits per heavy atom. The van der Waals surface area contributed by atoms with Gasteiger partial charge in [-0.2, -0.15) is 9.50 Å². The minimum absolute atomic E-state index is 0.135. The number of fused-ring (bicyclic) bond motifs is 3. The monoisotopic (exact) mass is 345 g/mol. The fourth-order valence-electron chi connectivity index (χ4n) is 2.79. The number of methoxy groups -OCH3 is 1. The Morgan fingerprint density at radius 2 is 2.16 bits per heavy atom. The Morgan fingerprint density at radius 3 is 2.80 bits per heavy atom. The standard InChI is InChI=1S/C16H19N5O4/c1-9(2)6-12(15(23)24)20-5-4-11-10(14(20)22)7-17-16-18-13(8-25-3)19-21(11)16/h4-5,7,9,12H,6,8H2,1-3H3,(H,23,24)/t12-/m1/s1. The third-order valence-corrected chi connectivity index (χ3v) is 3.89. The Hall–Kier alpha value is -2.81. The van der Waals surface area contributed by atoms with E-state index < -0.39 is 17.6 Å². The summed E-state index contributed by atoms with van der Waals surface area (Å²) < 4.78 is 7.72. The molecule has 0 fully saturated rings. The van der Waals surface area contributed by atoms with Gasteiger partial charge in [-0.05, 0) is 18.4 Å². The topological polar surface area (TPSA) is 112 Å². The van der Waals surface area contributed by atoms with Crippen molar-refractivity contribution in [2.45, 2.75) is 32.9 Å². The van der Waals surface area contributed by atoms with Gasteiger partial charge in [-0.1, -0.05) is 13.8 Å². The molecule has 0 saturated carbocycles. The molecule has 0 aliphatic carbocycles. The van der Waals surface area contributed by atoms with Crippen LogP contribution in [-0.2, 0) is 16.1 Å². The summed E-state index contributed by atoms with van der Waals surface area (Å²) in [7, 11) is 1.54. The third-order valence-electron chi connectivity index (χ3n) is 3.89. The Labute approximate surface area is 142 Å². The number of hydrogen-bond donors (Lipinski definition) is 1. The highest BCUT2D eigenvalue weighted by atomic mass is 16.5. The first-order valence-corrected chi connectivity index (χ1v) is 7.89. The van der Waals surface area contributed by atoms with Gasteiger partial charge in [-0.3, -0.25) is 4.79 Å². The summed E-state index contributed by atoms with van der Waals surface area (Å²) in [6.07, 6.45) is 3.25. The van der Waals surface area contributed by atoms with Crippen molar-refractivity contribution in [3.63, 3.8) is 0 Å². The number of ether oxygens (including phenoxy) is 1. The van der Waals surface area contributed by atoms with Crippen LogP contribution in [0.1, 0.15) is 32.1 Å². The first-order chi connectivity index (χ1) is 11.9. The molecule has 1 atom stereocenters. The van der Waals surface area contributed by atoms with Crippen LogP contribution in [0.2, 0.25) is 0 Å². The minimum Gasteiger partial charge on any atom is -0.480 e. The van der Waals surface area contributed by atoms with Crippen LogP contribution in [0.15, 0.2) is 23.3 Å². The van der Waals surface area contributed by atoms with Crippen molar-refractivity contribution in [3.05, 3.63) is 34.6 Å². The van der Waals surface area contributed by atoms with Crippen LogP contribution in [0.4, 0.5) is 0 Å². The Bertz CT molecular complexity index is 991. The predicted octanol–water partition coefficient (Wildman–Crippen LogP) is 1.26. The van der Waals surface area contributed by atoms with Gasteiger partial charge in [0.05, 0.1) is 10.9 Å². The molecule has 1 N–H and O–H groups in total. The molecule has 9 heteroatoms. The zero-order valence-electron chi connectivity index (χ0n) is 14.2. The highest BCUT2D eigenvalue weighted by molar-refractivity contribution is 5.79. The quantitative estimate of drug-likeness (QED) is 0.715. The number of carbonyl (C=O) groups is 1. The minimum atomic E-state index is -1.03. The number of rotatable bonds is 6. The zero-order valence-corrected chi connectivity index (χ0v) is 14.2. The lowest BCUT2D eigenvalue weighted by atomic mass is 10.0. The summed E-state index contributed by atoms with van der Waals surface area (Å²) in [5, 5.41) is 14.1. The summed E-state index contributed by atoms with van der Waals surface area (Å²) in [6.45, 7) is 4.07. The second-order valence-corrected chi connectivity index (χ2v) is 6.24. The first-order valence-electron chi connectivity index (χ1n) is 7.89. The third kappa shape index (κ3) is 3.10. The van der Waals surface area contributed by atoms with Gasteiger partial charge in [0.2, 0.25) is 0 Å². The summed E-state index contributed by atoms with van der Waals surface area (Å²) in [5.41, 5.74) is 0.110. The Kier molecular flexibility index (Phi) is 4.49. The van der Waals surface area contributed by atoms with E-state index in [-0.39, 0.29) is 12.5 Å². The molecule has 0 aliphatic heterocycles. The van der Waals surface area contributed by atoms with Gasteiger partial charge in [0.15, 0.2) is 5.82 Å². The van der Waals surface area contributed by atoms with Gasteiger partial charge in [0, 0.05) is 19.5 Å². The number of aromatic nitrogens is 5. The van der Waals surface area contributed by atoms with Gasteiger partial charge < -0.3 is 14.4 Å². The number of carboxylic acids is 1. The SMILES string of the molecule is COCc1nc2ncc3c(=O)n([C@H](CC(C)C)C(=O)O)ccc3n2n1. The highest BCUT2D eigenvalue weighted by Crippen LogP contribution is 2.18. The summed E-state index contributed by atoms with van der Waals surface area (Å²) in [6, 6.07) is 0.736. The number of pyridine rings is 1. The van der Waals surface area contributed by atoms with E-state index in [1.165, 1.54) is 28.6 Å². The molecule has 0 bridgehead atoms. The van der Waals surface area contributed by atoms with Crippen molar-refractivity contribution in [2.24, 2.45) is 5.92 Å². The second-order valence-electron chi connectivity index (χ2n) is 6.24. The molecule has 0 saturated heterocycles. The van der Waals surface area contributed by atoms with Crippen molar-refractivity contribution < 1.29 is 14.6 Å². The fraction of sp³-hybridized carbons (Fsp3) is 0.438. The summed E-state index contributed by atoms with van der Waals surface area (Å²) in [4.78, 5) is 32.8. The average molecular weight is 345 g/mol. The zero-order chi connectivity index (χ0) is 18.1. The van der Waals surface area contributed by atoms with Crippen molar-refractivity contribution in [2.75, 3.05) is 7.11 Å². The van der Waals surface area contributed by atoms with Crippen LogP contribution in [0, 0.1) is 5.92 Å². The molecule has 9 nitrogen and oxygen atoms in total. The van der Waals surface area contributed by atoms with E-state index in [4.69, 9.17) is 4.74 Å². The van der Waals surface area contributed by atoms with E-state index in [0.717, 1.165) is 0 Å². The molecule has 3 aromatic rings. The molecule has 0 spiro atoms. The van der Waals surface area contributed by atoms with E-state index in [9.17, 15) is 14.7 Å². The Balaban J connectivity index is 2.18. The van der Waals surface area contributed by atoms with Crippen molar-refractivity contribution in [1.82, 2.24) is 24.1 Å². The van der Waals surface area contributed by atoms with Crippen LogP contribution < -0.4 is 5.56 Å². The molecule has 132 valence electrons. The van der Waals surface area contributed by atoms with Crippen molar-refractivity contribution in [1.29, 1.82) is 0 Å². The van der Waals surface area contributed by atoms with Crippen molar-refractivity contribution in [3.8, 4) is 0 Å². The predicted molar refractivity (Wildman–Crippen MR) is 89.4 cm³/mol. The van der Waals surface area contributed by atoms with Crippen LogP contribution in [0.25, 0.3) is 16.7 Å². The molecule has 3 aromatic heterocycles. The molecule has 0 aromatic carbocycles. The second kappa shape index (κ2) is 6.60. The molecule has 0 unspecified atom stereocenters. The maximum absolute atomic E-state index is 12.8. The van der Waals surface area contributed by atoms with E-state index in [1.807, 2.05) is 13.8 Å². The molecule has 0 aliphatic rings. The largest absolute Gasteiger partial charge is 0.480 e. The van der Waals surface area contributed by atoms with E-state index >= 15 is 0 Å². The van der Waals surface area contributed by atoms with Gasteiger partial charge >= 0.3 is 5.97 Å². The molecule has 0 radical (unpaired) electrons. The van der Waals surface area contributed by atoms with E-state index in [0.29, 0.717) is 28.9 Å². The van der Waals surface area contributed by atoms with Gasteiger partial charge in [-0.15, -0.1) is 5.10 Å². The molecular weight excluding hydrogens is 326 g/mol. The van der Waals surface area contributed by atoms with Gasteiger partial charge in [0.1, 0.15) is 12.6 Å². The van der Waals surface area contributed by atoms with E-state index in [2.05, 4.69) is 15.1 Å². The number of carboxylic acid groups (broad SMARTS) is 1. The molecule has 0 amide bonds. The number of aliphatic carboxylic acids is 1. The maximum Gasteiger partial charge on any atom is 0.326 e. The summed E-state index contributed by atoms with van der Waals surface area (Å²) >= 11 is 0. The normalized spacial score (nSPS) is 13.0. The van der Waals surface area contributed by atoms with Gasteiger partial charge in [-0.25, -0.2) is 9.78 Å². The lowest BCUT2D eigenvalue weighted by Crippen LogP contribution is -2.30. The molecule has 3 heterocycles. The van der Waals surface area contributed by atoms with Crippen LogP contribution in [0.3, 0.4) is 0 Å². The first kappa shape index (κ1) is 17.0. The lowest BCUT2D eigenvalue weighted by molar-refractivity contribution is -0.141. The van der Waals surface area contributed by atoms with Crippen LogP contribution in [0.5, 0.6) is 0 Å². The van der Waals surface area contributed by atoms with Crippen LogP contribution in [-0.4, -0.2) is 42.3 Å². The van der Waals surface area contributed by atoms with Crippen LogP contribution >= 0.6 is 0 Å².